The van der Waals surface area contributed by atoms with Crippen LogP contribution in [0.1, 0.15) is 10.4 Å². The molecule has 5 rings (SSSR count). The van der Waals surface area contributed by atoms with Gasteiger partial charge in [-0.05, 0) is 78.0 Å². The van der Waals surface area contributed by atoms with Gasteiger partial charge in [0.25, 0.3) is 5.91 Å². The highest BCUT2D eigenvalue weighted by molar-refractivity contribution is 6.04. The Hall–Kier alpha value is -4.67. The van der Waals surface area contributed by atoms with Crippen molar-refractivity contribution < 1.29 is 18.4 Å². The molecule has 1 saturated heterocycles. The molecule has 0 aliphatic carbocycles. The summed E-state index contributed by atoms with van der Waals surface area (Å²) in [6.45, 7) is 2.36. The van der Waals surface area contributed by atoms with Crippen LogP contribution in [0, 0.1) is 11.6 Å². The molecule has 0 unspecified atom stereocenters. The Labute approximate surface area is 211 Å². The number of nitrogens with zero attached hydrogens (tertiary/aromatic N) is 6. The van der Waals surface area contributed by atoms with Gasteiger partial charge in [0.1, 0.15) is 18.2 Å². The van der Waals surface area contributed by atoms with E-state index in [0.29, 0.717) is 48.8 Å². The van der Waals surface area contributed by atoms with Crippen molar-refractivity contribution in [1.29, 1.82) is 0 Å². The smallest absolute Gasteiger partial charge is 0.255 e. The van der Waals surface area contributed by atoms with E-state index < -0.39 is 5.82 Å². The second kappa shape index (κ2) is 10.5. The molecular weight excluding hydrogens is 480 g/mol. The molecule has 4 aromatic rings. The molecule has 11 heteroatoms. The predicted molar refractivity (Wildman–Crippen MR) is 133 cm³/mol. The SMILES string of the molecule is O=C(Nc1ccc(-c2nnn(CC(=O)N3CCN(c4ccc(F)cc4)CC3)n2)cc1)c1ccc(F)cc1. The minimum absolute atomic E-state index is 0.0324. The highest BCUT2D eigenvalue weighted by Crippen LogP contribution is 2.19. The van der Waals surface area contributed by atoms with Gasteiger partial charge in [-0.1, -0.05) is 0 Å². The molecular formula is C26H23F2N7O2. The van der Waals surface area contributed by atoms with Crippen LogP contribution >= 0.6 is 0 Å². The Morgan fingerprint density at radius 1 is 0.811 bits per heavy atom. The summed E-state index contributed by atoms with van der Waals surface area (Å²) in [6, 6.07) is 18.5. The van der Waals surface area contributed by atoms with Crippen LogP contribution < -0.4 is 10.2 Å². The van der Waals surface area contributed by atoms with Crippen LogP contribution in [0.4, 0.5) is 20.2 Å². The van der Waals surface area contributed by atoms with E-state index in [9.17, 15) is 18.4 Å². The third-order valence-corrected chi connectivity index (χ3v) is 6.06. The van der Waals surface area contributed by atoms with Crippen LogP contribution in [-0.2, 0) is 11.3 Å². The minimum Gasteiger partial charge on any atom is -0.368 e. The number of rotatable bonds is 6. The molecule has 2 amide bonds. The number of piperazine rings is 1. The number of hydrogen-bond acceptors (Lipinski definition) is 6. The van der Waals surface area contributed by atoms with Gasteiger partial charge in [0.05, 0.1) is 0 Å². The van der Waals surface area contributed by atoms with Crippen LogP contribution in [-0.4, -0.2) is 63.1 Å². The first kappa shape index (κ1) is 24.0. The van der Waals surface area contributed by atoms with Gasteiger partial charge >= 0.3 is 0 Å². The maximum atomic E-state index is 13.2. The second-order valence-electron chi connectivity index (χ2n) is 8.53. The lowest BCUT2D eigenvalue weighted by Gasteiger charge is -2.36. The molecule has 1 aromatic heterocycles. The molecule has 37 heavy (non-hydrogen) atoms. The molecule has 0 radical (unpaired) electrons. The number of hydrogen-bond donors (Lipinski definition) is 1. The van der Waals surface area contributed by atoms with E-state index in [1.807, 2.05) is 0 Å². The van der Waals surface area contributed by atoms with Gasteiger partial charge in [-0.15, -0.1) is 10.2 Å². The molecule has 1 fully saturated rings. The highest BCUT2D eigenvalue weighted by atomic mass is 19.1. The number of carbonyl (C=O) groups is 2. The number of amides is 2. The maximum absolute atomic E-state index is 13.2. The van der Waals surface area contributed by atoms with Gasteiger partial charge in [0.2, 0.25) is 11.7 Å². The summed E-state index contributed by atoms with van der Waals surface area (Å²) in [4.78, 5) is 30.2. The van der Waals surface area contributed by atoms with Crippen LogP contribution in [0.3, 0.4) is 0 Å². The number of nitrogens with one attached hydrogen (secondary N) is 1. The first-order chi connectivity index (χ1) is 17.9. The van der Waals surface area contributed by atoms with Crippen LogP contribution in [0.5, 0.6) is 0 Å². The maximum Gasteiger partial charge on any atom is 0.255 e. The van der Waals surface area contributed by atoms with Crippen LogP contribution in [0.2, 0.25) is 0 Å². The average molecular weight is 504 g/mol. The molecule has 0 atom stereocenters. The van der Waals surface area contributed by atoms with E-state index in [1.165, 1.54) is 41.2 Å². The molecule has 188 valence electrons. The zero-order chi connectivity index (χ0) is 25.8. The van der Waals surface area contributed by atoms with Gasteiger partial charge in [0.15, 0.2) is 0 Å². The molecule has 3 aromatic carbocycles. The summed E-state index contributed by atoms with van der Waals surface area (Å²) in [6.07, 6.45) is 0. The van der Waals surface area contributed by atoms with Crippen molar-refractivity contribution in [2.75, 3.05) is 36.4 Å². The quantitative estimate of drug-likeness (QED) is 0.434. The molecule has 1 aliphatic rings. The van der Waals surface area contributed by atoms with Gasteiger partial charge in [-0.2, -0.15) is 4.80 Å². The second-order valence-corrected chi connectivity index (χ2v) is 8.53. The number of anilines is 2. The van der Waals surface area contributed by atoms with Gasteiger partial charge in [0, 0.05) is 48.7 Å². The lowest BCUT2D eigenvalue weighted by atomic mass is 10.1. The van der Waals surface area contributed by atoms with Crippen molar-refractivity contribution in [3.8, 4) is 11.4 Å². The van der Waals surface area contributed by atoms with Crippen molar-refractivity contribution in [3.63, 3.8) is 0 Å². The molecule has 0 bridgehead atoms. The Bertz CT molecular complexity index is 1380. The minimum atomic E-state index is -0.410. The molecule has 2 heterocycles. The van der Waals surface area contributed by atoms with Gasteiger partial charge < -0.3 is 15.1 Å². The zero-order valence-corrected chi connectivity index (χ0v) is 19.7. The van der Waals surface area contributed by atoms with Gasteiger partial charge in [-0.25, -0.2) is 8.78 Å². The summed E-state index contributed by atoms with van der Waals surface area (Å²) in [7, 11) is 0. The summed E-state index contributed by atoms with van der Waals surface area (Å²) in [5.41, 5.74) is 2.50. The fourth-order valence-corrected chi connectivity index (χ4v) is 4.02. The standard InChI is InChI=1S/C26H23F2N7O2/c27-20-5-1-19(2-6-20)26(37)29-22-9-3-18(4-10-22)25-30-32-35(31-25)17-24(36)34-15-13-33(14-16-34)23-11-7-21(28)8-12-23/h1-12H,13-17H2,(H,29,37). The fraction of sp³-hybridized carbons (Fsp3) is 0.192. The molecule has 9 nitrogen and oxygen atoms in total. The number of tetrazole rings is 1. The van der Waals surface area contributed by atoms with Gasteiger partial charge in [-0.3, -0.25) is 9.59 Å². The first-order valence-corrected chi connectivity index (χ1v) is 11.7. The summed E-state index contributed by atoms with van der Waals surface area (Å²) >= 11 is 0. The highest BCUT2D eigenvalue weighted by Gasteiger charge is 2.22. The van der Waals surface area contributed by atoms with E-state index >= 15 is 0 Å². The number of aromatic nitrogens is 4. The van der Waals surface area contributed by atoms with Crippen LogP contribution in [0.25, 0.3) is 11.4 Å². The number of carbonyl (C=O) groups excluding carboxylic acids is 2. The summed E-state index contributed by atoms with van der Waals surface area (Å²) in [5, 5.41) is 15.1. The van der Waals surface area contributed by atoms with Crippen molar-refractivity contribution in [2.45, 2.75) is 6.54 Å². The third kappa shape index (κ3) is 5.77. The Balaban J connectivity index is 1.14. The number of halogens is 2. The van der Waals surface area contributed by atoms with E-state index in [2.05, 4.69) is 25.6 Å². The van der Waals surface area contributed by atoms with Crippen molar-refractivity contribution in [2.24, 2.45) is 0 Å². The van der Waals surface area contributed by atoms with E-state index in [1.54, 1.807) is 41.3 Å². The third-order valence-electron chi connectivity index (χ3n) is 6.06. The van der Waals surface area contributed by atoms with Crippen molar-refractivity contribution in [1.82, 2.24) is 25.1 Å². The predicted octanol–water partition coefficient (Wildman–Crippen LogP) is 3.22. The monoisotopic (exact) mass is 503 g/mol. The molecule has 0 saturated carbocycles. The Morgan fingerprint density at radius 2 is 1.43 bits per heavy atom. The lowest BCUT2D eigenvalue weighted by molar-refractivity contribution is -0.132. The Morgan fingerprint density at radius 3 is 2.08 bits per heavy atom. The van der Waals surface area contributed by atoms with E-state index in [0.717, 1.165) is 5.69 Å². The largest absolute Gasteiger partial charge is 0.368 e. The van der Waals surface area contributed by atoms with Crippen LogP contribution in [0.15, 0.2) is 72.8 Å². The molecule has 1 N–H and O–H groups in total. The van der Waals surface area contributed by atoms with Crippen molar-refractivity contribution >= 4 is 23.2 Å². The molecule has 1 aliphatic heterocycles. The fourth-order valence-electron chi connectivity index (χ4n) is 4.02. The summed E-state index contributed by atoms with van der Waals surface area (Å²) in [5.74, 6) is -0.796. The lowest BCUT2D eigenvalue weighted by Crippen LogP contribution is -2.49. The number of benzene rings is 3. The normalized spacial score (nSPS) is 13.5. The first-order valence-electron chi connectivity index (χ1n) is 11.7. The summed E-state index contributed by atoms with van der Waals surface area (Å²) < 4.78 is 26.2. The molecule has 0 spiro atoms. The topological polar surface area (TPSA) is 96.2 Å². The average Bonchev–Trinajstić information content (AvgIpc) is 3.38. The Kier molecular flexibility index (Phi) is 6.84. The van der Waals surface area contributed by atoms with Crippen molar-refractivity contribution in [3.05, 3.63) is 90.0 Å². The van der Waals surface area contributed by atoms with E-state index in [4.69, 9.17) is 0 Å². The zero-order valence-electron chi connectivity index (χ0n) is 19.7. The van der Waals surface area contributed by atoms with E-state index in [-0.39, 0.29) is 24.2 Å².